The van der Waals surface area contributed by atoms with E-state index in [4.69, 9.17) is 23.2 Å². The van der Waals surface area contributed by atoms with Gasteiger partial charge in [0.15, 0.2) is 0 Å². The molecule has 0 amide bonds. The number of hydrogen-bond donors (Lipinski definition) is 0. The van der Waals surface area contributed by atoms with Crippen LogP contribution in [0.15, 0.2) is 17.2 Å². The smallest absolute Gasteiger partial charge is 0.242 e. The largest absolute Gasteiger partial charge is 0.244 e. The topological polar surface area (TPSA) is 50.3 Å². The number of halogens is 2. The second-order valence-electron chi connectivity index (χ2n) is 5.27. The molecule has 0 saturated heterocycles. The molecule has 1 heterocycles. The first-order valence-electron chi connectivity index (χ1n) is 5.31. The Morgan fingerprint density at radius 2 is 1.89 bits per heavy atom. The molecule has 1 aromatic heterocycles. The summed E-state index contributed by atoms with van der Waals surface area (Å²) in [5, 5.41) is 0.219. The van der Waals surface area contributed by atoms with Crippen molar-refractivity contribution in [1.29, 1.82) is 0 Å². The average Bonchev–Trinajstić information content (AvgIpc) is 2.19. The zero-order valence-electron chi connectivity index (χ0n) is 10.7. The number of rotatable bonds is 3. The van der Waals surface area contributed by atoms with Crippen molar-refractivity contribution >= 4 is 33.2 Å². The van der Waals surface area contributed by atoms with Gasteiger partial charge in [0.1, 0.15) is 10.0 Å². The molecule has 0 saturated carbocycles. The fraction of sp³-hybridized carbons (Fsp3) is 0.545. The summed E-state index contributed by atoms with van der Waals surface area (Å²) < 4.78 is 25.8. The standard InChI is InChI=1S/C11H16Cl2N2O2S/c1-11(2,3)7-15(4)18(16,17)8-5-9(12)10(13)14-6-8/h5-6H,7H2,1-4H3. The molecule has 0 unspecified atom stereocenters. The summed E-state index contributed by atoms with van der Waals surface area (Å²) in [6.45, 7) is 6.29. The van der Waals surface area contributed by atoms with Crippen LogP contribution in [-0.2, 0) is 10.0 Å². The minimum absolute atomic E-state index is 0.0450. The summed E-state index contributed by atoms with van der Waals surface area (Å²) in [5.74, 6) is 0. The van der Waals surface area contributed by atoms with Gasteiger partial charge in [-0.1, -0.05) is 44.0 Å². The van der Waals surface area contributed by atoms with Crippen molar-refractivity contribution in [3.05, 3.63) is 22.4 Å². The van der Waals surface area contributed by atoms with Crippen LogP contribution in [0.3, 0.4) is 0 Å². The summed E-state index contributed by atoms with van der Waals surface area (Å²) in [4.78, 5) is 3.80. The first kappa shape index (κ1) is 15.7. The van der Waals surface area contributed by atoms with E-state index in [1.807, 2.05) is 20.8 Å². The molecule has 0 aliphatic heterocycles. The minimum Gasteiger partial charge on any atom is -0.242 e. The number of hydrogen-bond acceptors (Lipinski definition) is 3. The van der Waals surface area contributed by atoms with Gasteiger partial charge in [0.05, 0.1) is 5.02 Å². The highest BCUT2D eigenvalue weighted by molar-refractivity contribution is 7.89. The maximum Gasteiger partial charge on any atom is 0.244 e. The van der Waals surface area contributed by atoms with Crippen LogP contribution in [0.25, 0.3) is 0 Å². The van der Waals surface area contributed by atoms with Gasteiger partial charge in [-0.25, -0.2) is 17.7 Å². The van der Waals surface area contributed by atoms with Gasteiger partial charge >= 0.3 is 0 Å². The van der Waals surface area contributed by atoms with Crippen LogP contribution in [0, 0.1) is 5.41 Å². The third-order valence-corrected chi connectivity index (χ3v) is 4.63. The van der Waals surface area contributed by atoms with Crippen LogP contribution in [0.4, 0.5) is 0 Å². The normalized spacial score (nSPS) is 13.1. The second kappa shape index (κ2) is 5.33. The molecule has 0 bridgehead atoms. The Morgan fingerprint density at radius 3 is 2.33 bits per heavy atom. The number of sulfonamides is 1. The van der Waals surface area contributed by atoms with Crippen LogP contribution in [0.5, 0.6) is 0 Å². The fourth-order valence-electron chi connectivity index (χ4n) is 1.48. The molecule has 0 N–H and O–H groups in total. The molecule has 1 aromatic rings. The van der Waals surface area contributed by atoms with E-state index in [0.29, 0.717) is 6.54 Å². The first-order chi connectivity index (χ1) is 8.04. The van der Waals surface area contributed by atoms with Crippen molar-refractivity contribution in [2.45, 2.75) is 25.7 Å². The molecule has 1 rings (SSSR count). The van der Waals surface area contributed by atoms with Crippen LogP contribution < -0.4 is 0 Å². The van der Waals surface area contributed by atoms with Crippen molar-refractivity contribution in [1.82, 2.24) is 9.29 Å². The van der Waals surface area contributed by atoms with Gasteiger partial charge in [-0.15, -0.1) is 0 Å². The van der Waals surface area contributed by atoms with Crippen LogP contribution in [-0.4, -0.2) is 31.3 Å². The highest BCUT2D eigenvalue weighted by Gasteiger charge is 2.26. The number of pyridine rings is 1. The average molecular weight is 311 g/mol. The van der Waals surface area contributed by atoms with Crippen LogP contribution >= 0.6 is 23.2 Å². The Labute approximate surface area is 118 Å². The van der Waals surface area contributed by atoms with E-state index in [2.05, 4.69) is 4.98 Å². The summed E-state index contributed by atoms with van der Waals surface area (Å²) in [7, 11) is -2.05. The maximum atomic E-state index is 12.3. The molecule has 18 heavy (non-hydrogen) atoms. The van der Waals surface area contributed by atoms with Crippen LogP contribution in [0.1, 0.15) is 20.8 Å². The predicted octanol–water partition coefficient (Wildman–Crippen LogP) is 3.06. The summed E-state index contributed by atoms with van der Waals surface area (Å²) in [6.07, 6.45) is 1.21. The lowest BCUT2D eigenvalue weighted by molar-refractivity contribution is 0.310. The molecule has 0 atom stereocenters. The highest BCUT2D eigenvalue weighted by atomic mass is 35.5. The van der Waals surface area contributed by atoms with Gasteiger partial charge in [-0.05, 0) is 11.5 Å². The number of aromatic nitrogens is 1. The van der Waals surface area contributed by atoms with E-state index in [9.17, 15) is 8.42 Å². The van der Waals surface area contributed by atoms with Gasteiger partial charge in [0.25, 0.3) is 0 Å². The predicted molar refractivity (Wildman–Crippen MR) is 73.5 cm³/mol. The molecule has 0 radical (unpaired) electrons. The third kappa shape index (κ3) is 3.82. The van der Waals surface area contributed by atoms with Crippen molar-refractivity contribution in [2.24, 2.45) is 5.41 Å². The summed E-state index contributed by atoms with van der Waals surface area (Å²) in [6, 6.07) is 1.31. The lowest BCUT2D eigenvalue weighted by Crippen LogP contribution is -2.34. The van der Waals surface area contributed by atoms with E-state index in [-0.39, 0.29) is 20.5 Å². The van der Waals surface area contributed by atoms with E-state index in [0.717, 1.165) is 0 Å². The molecule has 4 nitrogen and oxygen atoms in total. The number of nitrogens with zero attached hydrogens (tertiary/aromatic N) is 2. The van der Waals surface area contributed by atoms with Crippen molar-refractivity contribution < 1.29 is 8.42 Å². The van der Waals surface area contributed by atoms with E-state index in [1.54, 1.807) is 0 Å². The van der Waals surface area contributed by atoms with E-state index < -0.39 is 10.0 Å². The van der Waals surface area contributed by atoms with Gasteiger partial charge in [0, 0.05) is 19.8 Å². The maximum absolute atomic E-state index is 12.3. The third-order valence-electron chi connectivity index (χ3n) is 2.18. The molecular formula is C11H16Cl2N2O2S. The van der Waals surface area contributed by atoms with Crippen molar-refractivity contribution in [2.75, 3.05) is 13.6 Å². The van der Waals surface area contributed by atoms with Crippen molar-refractivity contribution in [3.63, 3.8) is 0 Å². The summed E-state index contributed by atoms with van der Waals surface area (Å²) in [5.41, 5.74) is -0.133. The molecule has 0 fully saturated rings. The fourth-order valence-corrected chi connectivity index (χ4v) is 3.18. The summed E-state index contributed by atoms with van der Waals surface area (Å²) >= 11 is 11.4. The highest BCUT2D eigenvalue weighted by Crippen LogP contribution is 2.25. The molecule has 0 aliphatic carbocycles. The Balaban J connectivity index is 3.10. The molecule has 0 aromatic carbocycles. The zero-order chi connectivity index (χ0) is 14.1. The molecular weight excluding hydrogens is 295 g/mol. The second-order valence-corrected chi connectivity index (χ2v) is 8.08. The molecule has 0 spiro atoms. The lowest BCUT2D eigenvalue weighted by atomic mass is 9.97. The van der Waals surface area contributed by atoms with Gasteiger partial charge < -0.3 is 0 Å². The van der Waals surface area contributed by atoms with Gasteiger partial charge in [-0.2, -0.15) is 0 Å². The Bertz CT molecular complexity index is 538. The van der Waals surface area contributed by atoms with Crippen LogP contribution in [0.2, 0.25) is 10.2 Å². The Morgan fingerprint density at radius 1 is 1.33 bits per heavy atom. The van der Waals surface area contributed by atoms with E-state index >= 15 is 0 Å². The lowest BCUT2D eigenvalue weighted by Gasteiger charge is -2.26. The molecule has 7 heteroatoms. The first-order valence-corrected chi connectivity index (χ1v) is 7.51. The minimum atomic E-state index is -3.58. The van der Waals surface area contributed by atoms with Gasteiger partial charge in [0.2, 0.25) is 10.0 Å². The monoisotopic (exact) mass is 310 g/mol. The van der Waals surface area contributed by atoms with E-state index in [1.165, 1.54) is 23.6 Å². The SMILES string of the molecule is CN(CC(C)(C)C)S(=O)(=O)c1cnc(Cl)c(Cl)c1. The van der Waals surface area contributed by atoms with Gasteiger partial charge in [-0.3, -0.25) is 0 Å². The zero-order valence-corrected chi connectivity index (χ0v) is 13.1. The molecule has 102 valence electrons. The quantitative estimate of drug-likeness (QED) is 0.806. The van der Waals surface area contributed by atoms with Crippen molar-refractivity contribution in [3.8, 4) is 0 Å². The Hall–Kier alpha value is -0.360. The molecule has 0 aliphatic rings. The Kier molecular flexibility index (Phi) is 4.65.